The zero-order valence-electron chi connectivity index (χ0n) is 18.4. The summed E-state index contributed by atoms with van der Waals surface area (Å²) >= 11 is 0. The number of pyridine rings is 1. The maximum absolute atomic E-state index is 14.4. The Kier molecular flexibility index (Phi) is 6.99. The maximum atomic E-state index is 14.4. The van der Waals surface area contributed by atoms with Crippen LogP contribution in [0.4, 0.5) is 14.5 Å². The number of nitrogens with zero attached hydrogens (tertiary/aromatic N) is 1. The van der Waals surface area contributed by atoms with E-state index in [0.29, 0.717) is 18.5 Å². The van der Waals surface area contributed by atoms with Crippen molar-refractivity contribution >= 4 is 11.7 Å². The summed E-state index contributed by atoms with van der Waals surface area (Å²) in [5, 5.41) is 16.2. The molecule has 3 aromatic rings. The van der Waals surface area contributed by atoms with Crippen LogP contribution in [0.1, 0.15) is 41.3 Å². The third-order valence-electron chi connectivity index (χ3n) is 6.29. The Hall–Kier alpha value is -3.32. The highest BCUT2D eigenvalue weighted by Crippen LogP contribution is 2.31. The topological polar surface area (TPSA) is 74.2 Å². The van der Waals surface area contributed by atoms with Crippen LogP contribution in [0.25, 0.3) is 0 Å². The Balaban J connectivity index is 1.51. The lowest BCUT2D eigenvalue weighted by Gasteiger charge is -2.33. The molecule has 172 valence electrons. The fraction of sp³-hybridized carbons (Fsp3) is 0.308. The van der Waals surface area contributed by atoms with Crippen molar-refractivity contribution in [1.29, 1.82) is 0 Å². The number of aliphatic carboxylic acids is 1. The average molecular weight is 452 g/mol. The molecule has 0 amide bonds. The van der Waals surface area contributed by atoms with E-state index < -0.39 is 23.5 Å². The molecule has 0 radical (unpaired) electrons. The van der Waals surface area contributed by atoms with Gasteiger partial charge in [-0.25, -0.2) is 8.78 Å². The van der Waals surface area contributed by atoms with Crippen LogP contribution in [-0.4, -0.2) is 29.1 Å². The van der Waals surface area contributed by atoms with Crippen molar-refractivity contribution in [2.24, 2.45) is 5.92 Å². The Labute approximate surface area is 191 Å². The zero-order chi connectivity index (χ0) is 23.4. The Bertz CT molecular complexity index is 1120. The maximum Gasteiger partial charge on any atom is 0.310 e. The normalized spacial score (nSPS) is 17.0. The number of carboxylic acids is 1. The summed E-state index contributed by atoms with van der Waals surface area (Å²) in [6, 6.07) is 16.2. The number of hydrogen-bond donors (Lipinski definition) is 3. The van der Waals surface area contributed by atoms with E-state index in [9.17, 15) is 18.7 Å². The fourth-order valence-corrected chi connectivity index (χ4v) is 4.41. The van der Waals surface area contributed by atoms with E-state index in [1.807, 2.05) is 30.3 Å². The number of anilines is 1. The second kappa shape index (κ2) is 10.1. The molecule has 0 fully saturated rings. The molecule has 0 unspecified atom stereocenters. The molecule has 5 nitrogen and oxygen atoms in total. The van der Waals surface area contributed by atoms with Crippen molar-refractivity contribution in [2.75, 3.05) is 18.4 Å². The van der Waals surface area contributed by atoms with E-state index in [1.165, 1.54) is 13.0 Å². The van der Waals surface area contributed by atoms with Crippen LogP contribution in [0.3, 0.4) is 0 Å². The molecule has 0 saturated carbocycles. The molecule has 0 spiro atoms. The fourth-order valence-electron chi connectivity index (χ4n) is 4.41. The summed E-state index contributed by atoms with van der Waals surface area (Å²) in [6.45, 7) is 2.62. The molecule has 0 aliphatic carbocycles. The number of benzene rings is 2. The van der Waals surface area contributed by atoms with Crippen LogP contribution in [0.2, 0.25) is 0 Å². The van der Waals surface area contributed by atoms with Gasteiger partial charge in [0.25, 0.3) is 0 Å². The second-order valence-electron chi connectivity index (χ2n) is 8.46. The van der Waals surface area contributed by atoms with Gasteiger partial charge < -0.3 is 15.7 Å². The standard InChI is InChI=1S/C26H27F2N3O2/c1-16(26(32)33)20-12-18(21(27)14-22(20)28)9-11-30-25(17-6-3-2-4-7-17)19-13-24-23(31-15-19)8-5-10-29-24/h2-8,10,12,14,16,19,25,30-31H,9,11,13,15H2,1H3,(H,32,33)/t16-,19-,25-/m1/s1. The smallest absolute Gasteiger partial charge is 0.310 e. The van der Waals surface area contributed by atoms with Crippen LogP contribution in [-0.2, 0) is 17.6 Å². The Morgan fingerprint density at radius 3 is 2.73 bits per heavy atom. The van der Waals surface area contributed by atoms with Crippen LogP contribution >= 0.6 is 0 Å². The lowest BCUT2D eigenvalue weighted by Crippen LogP contribution is -2.37. The minimum Gasteiger partial charge on any atom is -0.481 e. The zero-order valence-corrected chi connectivity index (χ0v) is 18.4. The minimum absolute atomic E-state index is 0.00216. The van der Waals surface area contributed by atoms with E-state index in [2.05, 4.69) is 27.8 Å². The van der Waals surface area contributed by atoms with Crippen molar-refractivity contribution in [3.05, 3.63) is 94.8 Å². The lowest BCUT2D eigenvalue weighted by molar-refractivity contribution is -0.138. The van der Waals surface area contributed by atoms with Crippen LogP contribution in [0.5, 0.6) is 0 Å². The van der Waals surface area contributed by atoms with Crippen molar-refractivity contribution in [3.8, 4) is 0 Å². The first kappa shape index (κ1) is 22.9. The predicted octanol–water partition coefficient (Wildman–Crippen LogP) is 4.71. The van der Waals surface area contributed by atoms with Crippen molar-refractivity contribution in [3.63, 3.8) is 0 Å². The molecule has 7 heteroatoms. The molecule has 33 heavy (non-hydrogen) atoms. The molecule has 4 rings (SSSR count). The third-order valence-corrected chi connectivity index (χ3v) is 6.29. The number of hydrogen-bond acceptors (Lipinski definition) is 4. The molecular weight excluding hydrogens is 424 g/mol. The first-order valence-electron chi connectivity index (χ1n) is 11.1. The first-order valence-corrected chi connectivity index (χ1v) is 11.1. The van der Waals surface area contributed by atoms with Gasteiger partial charge in [-0.1, -0.05) is 30.3 Å². The average Bonchev–Trinajstić information content (AvgIpc) is 2.83. The van der Waals surface area contributed by atoms with Gasteiger partial charge in [-0.3, -0.25) is 9.78 Å². The van der Waals surface area contributed by atoms with Gasteiger partial charge in [0.2, 0.25) is 0 Å². The van der Waals surface area contributed by atoms with E-state index >= 15 is 0 Å². The lowest BCUT2D eigenvalue weighted by atomic mass is 9.86. The van der Waals surface area contributed by atoms with Gasteiger partial charge in [-0.2, -0.15) is 0 Å². The highest BCUT2D eigenvalue weighted by atomic mass is 19.1. The molecule has 1 aliphatic heterocycles. The molecule has 1 aromatic heterocycles. The highest BCUT2D eigenvalue weighted by Gasteiger charge is 2.28. The van der Waals surface area contributed by atoms with Gasteiger partial charge in [-0.05, 0) is 55.6 Å². The summed E-state index contributed by atoms with van der Waals surface area (Å²) in [6.07, 6.45) is 2.91. The number of nitrogens with one attached hydrogen (secondary N) is 2. The SMILES string of the molecule is C[C@@H](C(=O)O)c1cc(CCN[C@H](c2ccccc2)[C@H]2CNc3cccnc3C2)c(F)cc1F. The monoisotopic (exact) mass is 451 g/mol. The van der Waals surface area contributed by atoms with Crippen molar-refractivity contribution < 1.29 is 18.7 Å². The summed E-state index contributed by atoms with van der Waals surface area (Å²) in [5.41, 5.74) is 3.50. The summed E-state index contributed by atoms with van der Waals surface area (Å²) in [4.78, 5) is 15.8. The van der Waals surface area contributed by atoms with Crippen molar-refractivity contribution in [2.45, 2.75) is 31.7 Å². The molecule has 2 heterocycles. The Morgan fingerprint density at radius 1 is 1.18 bits per heavy atom. The van der Waals surface area contributed by atoms with Gasteiger partial charge >= 0.3 is 5.97 Å². The molecule has 3 N–H and O–H groups in total. The molecule has 0 bridgehead atoms. The van der Waals surface area contributed by atoms with Gasteiger partial charge in [0.1, 0.15) is 11.6 Å². The number of carbonyl (C=O) groups is 1. The minimum atomic E-state index is -1.15. The van der Waals surface area contributed by atoms with E-state index in [1.54, 1.807) is 6.20 Å². The largest absolute Gasteiger partial charge is 0.481 e. The number of aromatic nitrogens is 1. The van der Waals surface area contributed by atoms with Crippen molar-refractivity contribution in [1.82, 2.24) is 10.3 Å². The summed E-state index contributed by atoms with van der Waals surface area (Å²) in [7, 11) is 0. The Morgan fingerprint density at radius 2 is 1.97 bits per heavy atom. The first-order chi connectivity index (χ1) is 15.9. The van der Waals surface area contributed by atoms with E-state index in [-0.39, 0.29) is 17.5 Å². The number of carboxylic acid groups (broad SMARTS) is 1. The highest BCUT2D eigenvalue weighted by molar-refractivity contribution is 5.75. The predicted molar refractivity (Wildman–Crippen MR) is 123 cm³/mol. The van der Waals surface area contributed by atoms with E-state index in [4.69, 9.17) is 0 Å². The van der Waals surface area contributed by atoms with E-state index in [0.717, 1.165) is 36.0 Å². The molecule has 1 aliphatic rings. The van der Waals surface area contributed by atoms with Gasteiger partial charge in [0, 0.05) is 36.3 Å². The van der Waals surface area contributed by atoms with Gasteiger partial charge in [0.15, 0.2) is 0 Å². The third kappa shape index (κ3) is 5.20. The summed E-state index contributed by atoms with van der Waals surface area (Å²) in [5.74, 6) is -3.46. The van der Waals surface area contributed by atoms with Gasteiger partial charge in [-0.15, -0.1) is 0 Å². The van der Waals surface area contributed by atoms with Crippen LogP contribution in [0.15, 0.2) is 60.8 Å². The number of rotatable bonds is 8. The number of fused-ring (bicyclic) bond motifs is 1. The van der Waals surface area contributed by atoms with Crippen LogP contribution < -0.4 is 10.6 Å². The molecule has 2 aromatic carbocycles. The number of halogens is 2. The molecular formula is C26H27F2N3O2. The summed E-state index contributed by atoms with van der Waals surface area (Å²) < 4.78 is 28.6. The second-order valence-corrected chi connectivity index (χ2v) is 8.46. The molecule has 0 saturated heterocycles. The quantitative estimate of drug-likeness (QED) is 0.463. The van der Waals surface area contributed by atoms with Gasteiger partial charge in [0.05, 0.1) is 17.3 Å². The molecule has 3 atom stereocenters. The van der Waals surface area contributed by atoms with Crippen LogP contribution in [0, 0.1) is 17.6 Å².